The van der Waals surface area contributed by atoms with E-state index in [-0.39, 0.29) is 35.9 Å². The molecule has 2 amide bonds. The number of carbonyl (C=O) groups excluding carboxylic acids is 3. The Morgan fingerprint density at radius 2 is 2.03 bits per heavy atom. The molecular formula is C21H19N3O7S2. The van der Waals surface area contributed by atoms with Crippen LogP contribution in [-0.2, 0) is 43.3 Å². The van der Waals surface area contributed by atoms with Crippen LogP contribution in [0.25, 0.3) is 0 Å². The second-order valence-electron chi connectivity index (χ2n) is 7.55. The van der Waals surface area contributed by atoms with Crippen molar-refractivity contribution in [3.8, 4) is 0 Å². The molecule has 1 N–H and O–H groups in total. The van der Waals surface area contributed by atoms with E-state index in [1.54, 1.807) is 6.07 Å². The average Bonchev–Trinajstić information content (AvgIpc) is 3.28. The molecule has 2 fully saturated rings. The molecule has 0 saturated carbocycles. The Morgan fingerprint density at radius 1 is 1.30 bits per heavy atom. The largest absolute Gasteiger partial charge is 0.614 e. The van der Waals surface area contributed by atoms with Gasteiger partial charge in [0.1, 0.15) is 12.4 Å². The van der Waals surface area contributed by atoms with Gasteiger partial charge in [0.2, 0.25) is 11.3 Å². The summed E-state index contributed by atoms with van der Waals surface area (Å²) in [7, 11) is 0. The van der Waals surface area contributed by atoms with Crippen LogP contribution < -0.4 is 5.32 Å². The van der Waals surface area contributed by atoms with E-state index in [9.17, 15) is 29.1 Å². The van der Waals surface area contributed by atoms with Gasteiger partial charge in [-0.25, -0.2) is 4.79 Å². The molecule has 10 nitrogen and oxygen atoms in total. The summed E-state index contributed by atoms with van der Waals surface area (Å²) in [6.07, 6.45) is 0.105. The number of ether oxygens (including phenoxy) is 1. The maximum absolute atomic E-state index is 12.8. The Balaban J connectivity index is 1.40. The van der Waals surface area contributed by atoms with E-state index in [0.717, 1.165) is 9.78 Å². The zero-order chi connectivity index (χ0) is 23.7. The standard InChI is InChI=1S/C21H19N3O7S2/c1-12-11-33(30)20-17(22-16(25)9-15-3-2-8-32-15)19(26)23(20)18(12)21(27)31-10-13-4-6-14(7-5-13)24(28)29/h2-8,17-18,20H,1,9-11H2,(H,22,25)/t17?,18?,20-,33?/m0/s1. The summed E-state index contributed by atoms with van der Waals surface area (Å²) in [5.74, 6) is -1.62. The Hall–Kier alpha value is -3.22. The number of rotatable bonds is 7. The van der Waals surface area contributed by atoms with Crippen LogP contribution >= 0.6 is 11.3 Å². The number of hydrogen-bond acceptors (Lipinski definition) is 8. The molecule has 33 heavy (non-hydrogen) atoms. The maximum atomic E-state index is 12.8. The number of thiophene rings is 1. The summed E-state index contributed by atoms with van der Waals surface area (Å²) in [6.45, 7) is 3.64. The molecule has 2 aliphatic heterocycles. The molecule has 0 spiro atoms. The van der Waals surface area contributed by atoms with Gasteiger partial charge < -0.3 is 14.6 Å². The molecule has 0 aliphatic carbocycles. The van der Waals surface area contributed by atoms with E-state index in [2.05, 4.69) is 11.9 Å². The average molecular weight is 490 g/mol. The van der Waals surface area contributed by atoms with Gasteiger partial charge in [-0.2, -0.15) is 0 Å². The summed E-state index contributed by atoms with van der Waals surface area (Å²) < 4.78 is 18.0. The highest BCUT2D eigenvalue weighted by atomic mass is 32.2. The van der Waals surface area contributed by atoms with E-state index in [0.29, 0.717) is 5.56 Å². The Morgan fingerprint density at radius 3 is 2.67 bits per heavy atom. The van der Waals surface area contributed by atoms with Crippen LogP contribution in [0.15, 0.2) is 53.9 Å². The number of nitro benzene ring substituents is 1. The molecule has 4 atom stereocenters. The first-order chi connectivity index (χ1) is 15.8. The third-order valence-electron chi connectivity index (χ3n) is 5.32. The minimum Gasteiger partial charge on any atom is -0.614 e. The zero-order valence-electron chi connectivity index (χ0n) is 17.2. The van der Waals surface area contributed by atoms with Crippen molar-refractivity contribution in [3.05, 3.63) is 74.5 Å². The lowest BCUT2D eigenvalue weighted by atomic mass is 9.98. The minimum atomic E-state index is -1.53. The fourth-order valence-corrected chi connectivity index (χ4v) is 6.10. The van der Waals surface area contributed by atoms with Crippen molar-refractivity contribution < 1.29 is 28.6 Å². The quantitative estimate of drug-likeness (QED) is 0.154. The fourth-order valence-electron chi connectivity index (χ4n) is 3.74. The predicted octanol–water partition coefficient (Wildman–Crippen LogP) is 1.28. The molecule has 12 heteroatoms. The highest BCUT2D eigenvalue weighted by Gasteiger charge is 2.63. The van der Waals surface area contributed by atoms with E-state index in [4.69, 9.17) is 4.74 Å². The summed E-state index contributed by atoms with van der Waals surface area (Å²) in [5, 5.41) is 14.4. The second-order valence-corrected chi connectivity index (χ2v) is 10.1. The number of nitrogens with one attached hydrogen (secondary N) is 1. The lowest BCUT2D eigenvalue weighted by Crippen LogP contribution is -2.78. The summed E-state index contributed by atoms with van der Waals surface area (Å²) >= 11 is -0.111. The molecule has 2 saturated heterocycles. The van der Waals surface area contributed by atoms with E-state index in [1.807, 2.05) is 11.4 Å². The molecule has 0 radical (unpaired) electrons. The number of carbonyl (C=O) groups is 3. The number of fused-ring (bicyclic) bond motifs is 1. The number of benzene rings is 1. The summed E-state index contributed by atoms with van der Waals surface area (Å²) in [5.41, 5.74) is 0.730. The number of hydrogen-bond donors (Lipinski definition) is 1. The third-order valence-corrected chi connectivity index (χ3v) is 7.89. The summed E-state index contributed by atoms with van der Waals surface area (Å²) in [4.78, 5) is 50.1. The zero-order valence-corrected chi connectivity index (χ0v) is 18.8. The van der Waals surface area contributed by atoms with Crippen molar-refractivity contribution in [2.45, 2.75) is 30.5 Å². The molecule has 2 aliphatic rings. The monoisotopic (exact) mass is 489 g/mol. The van der Waals surface area contributed by atoms with Gasteiger partial charge in [-0.1, -0.05) is 12.6 Å². The number of non-ortho nitro benzene ring substituents is 1. The first kappa shape index (κ1) is 23.0. The van der Waals surface area contributed by atoms with Crippen LogP contribution in [0, 0.1) is 10.1 Å². The van der Waals surface area contributed by atoms with Gasteiger partial charge >= 0.3 is 5.97 Å². The number of amides is 2. The van der Waals surface area contributed by atoms with Crippen LogP contribution in [0.4, 0.5) is 5.69 Å². The maximum Gasteiger partial charge on any atom is 0.333 e. The van der Waals surface area contributed by atoms with Crippen LogP contribution in [0.2, 0.25) is 0 Å². The van der Waals surface area contributed by atoms with Crippen molar-refractivity contribution in [1.29, 1.82) is 0 Å². The first-order valence-electron chi connectivity index (χ1n) is 9.85. The van der Waals surface area contributed by atoms with Gasteiger partial charge in [0, 0.05) is 22.6 Å². The fraction of sp³-hybridized carbons (Fsp3) is 0.286. The van der Waals surface area contributed by atoms with E-state index >= 15 is 0 Å². The predicted molar refractivity (Wildman–Crippen MR) is 119 cm³/mol. The molecule has 0 bridgehead atoms. The van der Waals surface area contributed by atoms with Crippen molar-refractivity contribution >= 4 is 46.0 Å². The number of esters is 1. The van der Waals surface area contributed by atoms with E-state index in [1.165, 1.54) is 35.6 Å². The van der Waals surface area contributed by atoms with Crippen molar-refractivity contribution in [3.63, 3.8) is 0 Å². The lowest BCUT2D eigenvalue weighted by Gasteiger charge is -2.52. The molecule has 1 aromatic heterocycles. The molecule has 1 aromatic carbocycles. The number of β-lactam (4-membered cyclic amide) rings is 1. The van der Waals surface area contributed by atoms with E-state index < -0.39 is 45.4 Å². The molecule has 4 rings (SSSR count). The van der Waals surface area contributed by atoms with Gasteiger partial charge in [0.25, 0.3) is 11.6 Å². The van der Waals surface area contributed by atoms with Crippen LogP contribution in [0.5, 0.6) is 0 Å². The smallest absolute Gasteiger partial charge is 0.333 e. The summed E-state index contributed by atoms with van der Waals surface area (Å²) in [6, 6.07) is 7.06. The van der Waals surface area contributed by atoms with Gasteiger partial charge in [-0.3, -0.25) is 24.6 Å². The Labute approximate surface area is 195 Å². The third kappa shape index (κ3) is 4.63. The molecule has 3 heterocycles. The highest BCUT2D eigenvalue weighted by Crippen LogP contribution is 2.36. The van der Waals surface area contributed by atoms with Crippen LogP contribution in [0.3, 0.4) is 0 Å². The molecule has 3 unspecified atom stereocenters. The molecular weight excluding hydrogens is 470 g/mol. The van der Waals surface area contributed by atoms with Crippen LogP contribution in [0.1, 0.15) is 10.4 Å². The SMILES string of the molecule is C=C1C[S+]([O-])[C@H]2C(NC(=O)Cc3cccs3)C(=O)N2C1C(=O)OCc1ccc([N+](=O)[O-])cc1. The topological polar surface area (TPSA) is 142 Å². The second kappa shape index (κ2) is 9.33. The van der Waals surface area contributed by atoms with Gasteiger partial charge in [0.15, 0.2) is 12.1 Å². The van der Waals surface area contributed by atoms with Crippen molar-refractivity contribution in [2.24, 2.45) is 0 Å². The van der Waals surface area contributed by atoms with Gasteiger partial charge in [0.05, 0.1) is 11.3 Å². The minimum absolute atomic E-state index is 0.00302. The lowest BCUT2D eigenvalue weighted by molar-refractivity contribution is -0.384. The van der Waals surface area contributed by atoms with Crippen LogP contribution in [-0.4, -0.2) is 55.4 Å². The van der Waals surface area contributed by atoms with Gasteiger partial charge in [-0.05, 0) is 40.3 Å². The van der Waals surface area contributed by atoms with Crippen molar-refractivity contribution in [1.82, 2.24) is 10.2 Å². The number of nitrogens with zero attached hydrogens (tertiary/aromatic N) is 2. The molecule has 2 aromatic rings. The van der Waals surface area contributed by atoms with Gasteiger partial charge in [-0.15, -0.1) is 11.3 Å². The number of nitro groups is 1. The Kier molecular flexibility index (Phi) is 6.49. The highest BCUT2D eigenvalue weighted by molar-refractivity contribution is 7.92. The molecule has 172 valence electrons. The normalized spacial score (nSPS) is 24.0. The first-order valence-corrected chi connectivity index (χ1v) is 12.1. The Bertz CT molecular complexity index is 1100. The van der Waals surface area contributed by atoms with Crippen molar-refractivity contribution in [2.75, 3.05) is 5.75 Å².